The number of sulfonamides is 1. The first-order valence-corrected chi connectivity index (χ1v) is 9.31. The number of hydrogen-bond acceptors (Lipinski definition) is 3. The Labute approximate surface area is 139 Å². The number of fused-ring (bicyclic) bond motifs is 1. The summed E-state index contributed by atoms with van der Waals surface area (Å²) in [6, 6.07) is 7.43. The Morgan fingerprint density at radius 1 is 1.18 bits per heavy atom. The average molecular weight is 345 g/mol. The van der Waals surface area contributed by atoms with Gasteiger partial charge >= 0.3 is 0 Å². The lowest BCUT2D eigenvalue weighted by Crippen LogP contribution is -2.38. The quantitative estimate of drug-likeness (QED) is 0.915. The van der Waals surface area contributed by atoms with Gasteiger partial charge in [-0.1, -0.05) is 25.5 Å². The maximum atomic E-state index is 12.8. The molecule has 1 saturated carbocycles. The van der Waals surface area contributed by atoms with Gasteiger partial charge in [0.2, 0.25) is 10.0 Å². The zero-order valence-corrected chi connectivity index (χ0v) is 14.6. The highest BCUT2D eigenvalue weighted by atomic mass is 35.5. The van der Waals surface area contributed by atoms with Crippen molar-refractivity contribution in [3.63, 3.8) is 0 Å². The Hall–Kier alpha value is -0.620. The second-order valence-electron chi connectivity index (χ2n) is 6.34. The molecule has 1 heterocycles. The third kappa shape index (κ3) is 3.18. The second kappa shape index (κ2) is 6.87. The molecule has 0 bridgehead atoms. The molecule has 2 fully saturated rings. The van der Waals surface area contributed by atoms with Gasteiger partial charge < -0.3 is 5.73 Å². The minimum absolute atomic E-state index is 0. The van der Waals surface area contributed by atoms with E-state index in [2.05, 4.69) is 6.92 Å². The minimum Gasteiger partial charge on any atom is -0.327 e. The van der Waals surface area contributed by atoms with Crippen LogP contribution in [0.1, 0.15) is 31.7 Å². The van der Waals surface area contributed by atoms with Gasteiger partial charge in [0, 0.05) is 19.1 Å². The highest BCUT2D eigenvalue weighted by molar-refractivity contribution is 7.89. The van der Waals surface area contributed by atoms with E-state index < -0.39 is 10.0 Å². The largest absolute Gasteiger partial charge is 0.327 e. The maximum absolute atomic E-state index is 12.8. The number of rotatable bonds is 3. The minimum atomic E-state index is -3.37. The summed E-state index contributed by atoms with van der Waals surface area (Å²) >= 11 is 0. The molecule has 1 saturated heterocycles. The van der Waals surface area contributed by atoms with Gasteiger partial charge in [-0.25, -0.2) is 8.42 Å². The van der Waals surface area contributed by atoms with Gasteiger partial charge in [-0.3, -0.25) is 0 Å². The monoisotopic (exact) mass is 344 g/mol. The summed E-state index contributed by atoms with van der Waals surface area (Å²) in [5, 5.41) is 0. The van der Waals surface area contributed by atoms with Crippen LogP contribution >= 0.6 is 12.4 Å². The summed E-state index contributed by atoms with van der Waals surface area (Å²) in [6.07, 6.45) is 4.18. The van der Waals surface area contributed by atoms with Gasteiger partial charge in [0.15, 0.2) is 0 Å². The van der Waals surface area contributed by atoms with E-state index in [0.717, 1.165) is 31.2 Å². The van der Waals surface area contributed by atoms with Gasteiger partial charge in [0.05, 0.1) is 4.90 Å². The van der Waals surface area contributed by atoms with E-state index in [1.54, 1.807) is 16.4 Å². The van der Waals surface area contributed by atoms with Gasteiger partial charge in [0.25, 0.3) is 0 Å². The third-order valence-corrected chi connectivity index (χ3v) is 6.94. The summed E-state index contributed by atoms with van der Waals surface area (Å²) in [5.74, 6) is 0.780. The average Bonchev–Trinajstić information content (AvgIpc) is 2.94. The lowest BCUT2D eigenvalue weighted by Gasteiger charge is -2.29. The van der Waals surface area contributed by atoms with E-state index in [9.17, 15) is 8.42 Å². The van der Waals surface area contributed by atoms with Gasteiger partial charge in [-0.15, -0.1) is 12.4 Å². The van der Waals surface area contributed by atoms with Gasteiger partial charge in [-0.2, -0.15) is 4.31 Å². The molecule has 3 unspecified atom stereocenters. The Morgan fingerprint density at radius 2 is 1.86 bits per heavy atom. The number of benzene rings is 1. The van der Waals surface area contributed by atoms with Crippen LogP contribution in [-0.4, -0.2) is 31.9 Å². The Balaban J connectivity index is 0.00000176. The molecule has 22 heavy (non-hydrogen) atoms. The second-order valence-corrected chi connectivity index (χ2v) is 8.28. The number of halogens is 1. The van der Waals surface area contributed by atoms with Crippen LogP contribution in [-0.2, 0) is 16.4 Å². The molecule has 1 aliphatic carbocycles. The molecule has 6 heteroatoms. The number of nitrogens with zero attached hydrogens (tertiary/aromatic N) is 1. The zero-order chi connectivity index (χ0) is 15.0. The van der Waals surface area contributed by atoms with E-state index in [1.165, 1.54) is 0 Å². The first-order valence-electron chi connectivity index (χ1n) is 7.87. The first kappa shape index (κ1) is 17.7. The normalized spacial score (nSPS) is 28.9. The molecular weight excluding hydrogens is 320 g/mol. The molecule has 2 N–H and O–H groups in total. The summed E-state index contributed by atoms with van der Waals surface area (Å²) in [4.78, 5) is 0.409. The van der Waals surface area contributed by atoms with Crippen LogP contribution in [0.4, 0.5) is 0 Å². The van der Waals surface area contributed by atoms with Crippen molar-refractivity contribution in [2.75, 3.05) is 13.1 Å². The van der Waals surface area contributed by atoms with E-state index in [-0.39, 0.29) is 18.4 Å². The van der Waals surface area contributed by atoms with Crippen molar-refractivity contribution < 1.29 is 8.42 Å². The van der Waals surface area contributed by atoms with Crippen molar-refractivity contribution in [3.8, 4) is 0 Å². The number of hydrogen-bond donors (Lipinski definition) is 1. The fourth-order valence-electron chi connectivity index (χ4n) is 3.72. The van der Waals surface area contributed by atoms with Crippen LogP contribution in [0, 0.1) is 11.8 Å². The molecule has 0 amide bonds. The first-order chi connectivity index (χ1) is 10.0. The van der Waals surface area contributed by atoms with Crippen molar-refractivity contribution in [1.82, 2.24) is 4.31 Å². The smallest absolute Gasteiger partial charge is 0.243 e. The molecule has 1 aromatic carbocycles. The van der Waals surface area contributed by atoms with Gasteiger partial charge in [0.1, 0.15) is 0 Å². The zero-order valence-electron chi connectivity index (χ0n) is 12.9. The van der Waals surface area contributed by atoms with Gasteiger partial charge in [-0.05, 0) is 48.8 Å². The SMILES string of the molecule is CCc1ccc(S(=O)(=O)N2CC3CCCC(N)C3C2)cc1.Cl. The van der Waals surface area contributed by atoms with Crippen LogP contribution in [0.15, 0.2) is 29.2 Å². The molecule has 2 aliphatic rings. The fraction of sp³-hybridized carbons (Fsp3) is 0.625. The molecule has 3 atom stereocenters. The Morgan fingerprint density at radius 3 is 2.45 bits per heavy atom. The predicted molar refractivity (Wildman–Crippen MR) is 90.6 cm³/mol. The number of aryl methyl sites for hydroxylation is 1. The van der Waals surface area contributed by atoms with Crippen molar-refractivity contribution in [3.05, 3.63) is 29.8 Å². The van der Waals surface area contributed by atoms with E-state index in [4.69, 9.17) is 5.73 Å². The molecule has 124 valence electrons. The highest BCUT2D eigenvalue weighted by Crippen LogP contribution is 2.37. The fourth-order valence-corrected chi connectivity index (χ4v) is 5.25. The van der Waals surface area contributed by atoms with E-state index in [1.807, 2.05) is 12.1 Å². The molecule has 3 rings (SSSR count). The van der Waals surface area contributed by atoms with Crippen LogP contribution in [0.25, 0.3) is 0 Å². The predicted octanol–water partition coefficient (Wildman–Crippen LogP) is 2.42. The van der Waals surface area contributed by atoms with Crippen LogP contribution in [0.3, 0.4) is 0 Å². The van der Waals surface area contributed by atoms with E-state index in [0.29, 0.717) is 29.8 Å². The van der Waals surface area contributed by atoms with Crippen molar-refractivity contribution in [1.29, 1.82) is 0 Å². The lowest BCUT2D eigenvalue weighted by atomic mass is 9.78. The van der Waals surface area contributed by atoms with Crippen LogP contribution in [0.5, 0.6) is 0 Å². The Kier molecular flexibility index (Phi) is 5.54. The molecule has 0 radical (unpaired) electrons. The Bertz CT molecular complexity index is 603. The van der Waals surface area contributed by atoms with Crippen LogP contribution < -0.4 is 5.73 Å². The summed E-state index contributed by atoms with van der Waals surface area (Å²) < 4.78 is 27.2. The van der Waals surface area contributed by atoms with E-state index >= 15 is 0 Å². The third-order valence-electron chi connectivity index (χ3n) is 5.09. The summed E-state index contributed by atoms with van der Waals surface area (Å²) in [7, 11) is -3.37. The summed E-state index contributed by atoms with van der Waals surface area (Å²) in [5.41, 5.74) is 7.34. The molecule has 4 nitrogen and oxygen atoms in total. The van der Waals surface area contributed by atoms with Crippen LogP contribution in [0.2, 0.25) is 0 Å². The maximum Gasteiger partial charge on any atom is 0.243 e. The highest BCUT2D eigenvalue weighted by Gasteiger charge is 2.43. The molecule has 1 aliphatic heterocycles. The van der Waals surface area contributed by atoms with Crippen molar-refractivity contribution >= 4 is 22.4 Å². The van der Waals surface area contributed by atoms with Crippen molar-refractivity contribution in [2.24, 2.45) is 17.6 Å². The molecular formula is C16H25ClN2O2S. The number of nitrogens with two attached hydrogens (primary N) is 1. The molecule has 1 aromatic rings. The lowest BCUT2D eigenvalue weighted by molar-refractivity contribution is 0.260. The standard InChI is InChI=1S/C16H24N2O2S.ClH/c1-2-12-6-8-14(9-7-12)21(19,20)18-10-13-4-3-5-16(17)15(13)11-18;/h6-9,13,15-16H,2-5,10-11,17H2,1H3;1H. The topological polar surface area (TPSA) is 63.4 Å². The van der Waals surface area contributed by atoms with Crippen molar-refractivity contribution in [2.45, 2.75) is 43.5 Å². The molecule has 0 spiro atoms. The summed E-state index contributed by atoms with van der Waals surface area (Å²) in [6.45, 7) is 3.29. The molecule has 0 aromatic heterocycles.